The highest BCUT2D eigenvalue weighted by atomic mass is 32.1. The number of thiophene rings is 1. The third-order valence-electron chi connectivity index (χ3n) is 4.61. The van der Waals surface area contributed by atoms with Crippen molar-refractivity contribution < 1.29 is 9.50 Å². The summed E-state index contributed by atoms with van der Waals surface area (Å²) in [5.74, 6) is -0.217. The van der Waals surface area contributed by atoms with Gasteiger partial charge in [0.2, 0.25) is 0 Å². The van der Waals surface area contributed by atoms with Crippen LogP contribution in [0.5, 0.6) is 5.75 Å². The molecule has 3 rings (SSSR count). The van der Waals surface area contributed by atoms with E-state index in [1.807, 2.05) is 0 Å². The molecule has 2 aromatic rings. The number of aliphatic imine (C=N–C) groups is 1. The van der Waals surface area contributed by atoms with Crippen LogP contribution in [0.2, 0.25) is 0 Å². The average molecular weight is 377 g/mol. The van der Waals surface area contributed by atoms with Gasteiger partial charge in [-0.25, -0.2) is 4.39 Å². The number of halogens is 1. The van der Waals surface area contributed by atoms with Gasteiger partial charge in [-0.3, -0.25) is 9.89 Å². The number of hydrogen-bond acceptors (Lipinski definition) is 4. The first-order valence-corrected chi connectivity index (χ1v) is 9.76. The summed E-state index contributed by atoms with van der Waals surface area (Å²) in [6.07, 6.45) is 2.14. The number of rotatable bonds is 5. The monoisotopic (exact) mass is 376 g/mol. The lowest BCUT2D eigenvalue weighted by atomic mass is 10.0. The lowest BCUT2D eigenvalue weighted by Crippen LogP contribution is -2.48. The van der Waals surface area contributed by atoms with E-state index >= 15 is 0 Å². The van der Waals surface area contributed by atoms with Crippen molar-refractivity contribution in [3.05, 3.63) is 52.0 Å². The van der Waals surface area contributed by atoms with Gasteiger partial charge in [-0.15, -0.1) is 0 Å². The Balaban J connectivity index is 1.43. The lowest BCUT2D eigenvalue weighted by Gasteiger charge is -2.33. The first-order chi connectivity index (χ1) is 12.6. The van der Waals surface area contributed by atoms with Crippen LogP contribution < -0.4 is 10.6 Å². The van der Waals surface area contributed by atoms with Crippen LogP contribution >= 0.6 is 11.3 Å². The van der Waals surface area contributed by atoms with Crippen molar-refractivity contribution >= 4 is 17.3 Å². The van der Waals surface area contributed by atoms with E-state index in [9.17, 15) is 9.50 Å². The Morgan fingerprint density at radius 2 is 2.12 bits per heavy atom. The predicted octanol–water partition coefficient (Wildman–Crippen LogP) is 2.92. The summed E-state index contributed by atoms with van der Waals surface area (Å²) >= 11 is 1.74. The molecule has 0 bridgehead atoms. The highest BCUT2D eigenvalue weighted by Crippen LogP contribution is 2.17. The summed E-state index contributed by atoms with van der Waals surface area (Å²) in [5, 5.41) is 20.2. The fourth-order valence-electron chi connectivity index (χ4n) is 3.11. The summed E-state index contributed by atoms with van der Waals surface area (Å²) in [6.45, 7) is 3.60. The molecule has 1 aromatic heterocycles. The molecule has 0 amide bonds. The highest BCUT2D eigenvalue weighted by Gasteiger charge is 2.20. The van der Waals surface area contributed by atoms with Crippen LogP contribution in [0.3, 0.4) is 0 Å². The van der Waals surface area contributed by atoms with Gasteiger partial charge >= 0.3 is 0 Å². The second-order valence-electron chi connectivity index (χ2n) is 6.54. The molecule has 7 heteroatoms. The predicted molar refractivity (Wildman–Crippen MR) is 104 cm³/mol. The Kier molecular flexibility index (Phi) is 6.46. The minimum atomic E-state index is -0.606. The third-order valence-corrected chi connectivity index (χ3v) is 5.34. The topological polar surface area (TPSA) is 59.9 Å². The van der Waals surface area contributed by atoms with Crippen LogP contribution in [0.25, 0.3) is 0 Å². The Morgan fingerprint density at radius 1 is 1.31 bits per heavy atom. The number of nitrogens with one attached hydrogen (secondary N) is 2. The van der Waals surface area contributed by atoms with E-state index in [1.165, 1.54) is 17.7 Å². The molecule has 0 saturated carbocycles. The van der Waals surface area contributed by atoms with Gasteiger partial charge in [0.1, 0.15) is 0 Å². The van der Waals surface area contributed by atoms with E-state index in [2.05, 4.69) is 37.4 Å². The van der Waals surface area contributed by atoms with Crippen molar-refractivity contribution in [3.8, 4) is 5.75 Å². The van der Waals surface area contributed by atoms with Gasteiger partial charge < -0.3 is 15.7 Å². The number of benzene rings is 1. The molecule has 0 spiro atoms. The molecule has 0 atom stereocenters. The van der Waals surface area contributed by atoms with E-state index in [4.69, 9.17) is 0 Å². The number of hydrogen-bond donors (Lipinski definition) is 3. The van der Waals surface area contributed by atoms with Gasteiger partial charge in [0.05, 0.1) is 0 Å². The number of likely N-dealkylation sites (tertiary alicyclic amines) is 1. The molecule has 1 aliphatic rings. The summed E-state index contributed by atoms with van der Waals surface area (Å²) in [5.41, 5.74) is 2.15. The largest absolute Gasteiger partial charge is 0.505 e. The quantitative estimate of drug-likeness (QED) is 0.555. The molecule has 140 valence electrons. The SMILES string of the molecule is CN=C(NCc1ccc(O)c(F)c1)NC1CCN(Cc2ccsc2)CC1. The number of guanidine groups is 1. The smallest absolute Gasteiger partial charge is 0.191 e. The fraction of sp³-hybridized carbons (Fsp3) is 0.421. The van der Waals surface area contributed by atoms with Gasteiger partial charge in [0.15, 0.2) is 17.5 Å². The molecular formula is C19H25FN4OS. The summed E-state index contributed by atoms with van der Waals surface area (Å²) in [7, 11) is 1.73. The fourth-order valence-corrected chi connectivity index (χ4v) is 3.77. The summed E-state index contributed by atoms with van der Waals surface area (Å²) in [4.78, 5) is 6.74. The minimum Gasteiger partial charge on any atom is -0.505 e. The molecule has 1 saturated heterocycles. The minimum absolute atomic E-state index is 0.328. The highest BCUT2D eigenvalue weighted by molar-refractivity contribution is 7.07. The molecule has 2 heterocycles. The van der Waals surface area contributed by atoms with Gasteiger partial charge in [0.25, 0.3) is 0 Å². The molecule has 5 nitrogen and oxygen atoms in total. The maximum absolute atomic E-state index is 13.4. The second-order valence-corrected chi connectivity index (χ2v) is 7.32. The van der Waals surface area contributed by atoms with E-state index in [0.717, 1.165) is 44.0 Å². The van der Waals surface area contributed by atoms with Crippen LogP contribution in [0.4, 0.5) is 4.39 Å². The first kappa shape index (κ1) is 18.7. The Morgan fingerprint density at radius 3 is 2.77 bits per heavy atom. The number of nitrogens with zero attached hydrogens (tertiary/aromatic N) is 2. The lowest BCUT2D eigenvalue weighted by molar-refractivity contribution is 0.198. The molecule has 1 aromatic carbocycles. The van der Waals surface area contributed by atoms with Crippen LogP contribution in [-0.4, -0.2) is 42.1 Å². The number of phenolic OH excluding ortho intramolecular Hbond substituents is 1. The second kappa shape index (κ2) is 9.00. The van der Waals surface area contributed by atoms with E-state index in [0.29, 0.717) is 12.6 Å². The summed E-state index contributed by atoms with van der Waals surface area (Å²) < 4.78 is 13.4. The zero-order chi connectivity index (χ0) is 18.4. The molecule has 0 aliphatic carbocycles. The van der Waals surface area contributed by atoms with Crippen molar-refractivity contribution in [2.75, 3.05) is 20.1 Å². The normalized spacial score (nSPS) is 16.6. The van der Waals surface area contributed by atoms with Gasteiger partial charge in [-0.2, -0.15) is 11.3 Å². The van der Waals surface area contributed by atoms with Crippen molar-refractivity contribution in [3.63, 3.8) is 0 Å². The van der Waals surface area contributed by atoms with Crippen molar-refractivity contribution in [2.45, 2.75) is 32.0 Å². The van der Waals surface area contributed by atoms with Gasteiger partial charge in [0, 0.05) is 39.3 Å². The standard InChI is InChI=1S/C19H25FN4OS/c1-21-19(22-11-14-2-3-18(25)17(20)10-14)23-16-4-7-24(8-5-16)12-15-6-9-26-13-15/h2-3,6,9-10,13,16,25H,4-5,7-8,11-12H2,1H3,(H2,21,22,23). The van der Waals surface area contributed by atoms with Crippen molar-refractivity contribution in [1.82, 2.24) is 15.5 Å². The summed E-state index contributed by atoms with van der Waals surface area (Å²) in [6, 6.07) is 6.97. The molecular weight excluding hydrogens is 351 g/mol. The third kappa shape index (κ3) is 5.19. The van der Waals surface area contributed by atoms with Crippen LogP contribution in [0, 0.1) is 5.82 Å². The average Bonchev–Trinajstić information content (AvgIpc) is 3.16. The number of piperidine rings is 1. The molecule has 1 aliphatic heterocycles. The first-order valence-electron chi connectivity index (χ1n) is 8.82. The molecule has 0 radical (unpaired) electrons. The van der Waals surface area contributed by atoms with Gasteiger partial charge in [-0.05, 0) is 52.9 Å². The Hall–Kier alpha value is -2.12. The number of aromatic hydroxyl groups is 1. The van der Waals surface area contributed by atoms with E-state index < -0.39 is 5.82 Å². The Bertz CT molecular complexity index is 727. The Labute approximate surface area is 157 Å². The molecule has 3 N–H and O–H groups in total. The van der Waals surface area contributed by atoms with Crippen LogP contribution in [-0.2, 0) is 13.1 Å². The maximum Gasteiger partial charge on any atom is 0.191 e. The van der Waals surface area contributed by atoms with Gasteiger partial charge in [-0.1, -0.05) is 6.07 Å². The zero-order valence-electron chi connectivity index (χ0n) is 14.9. The van der Waals surface area contributed by atoms with Crippen molar-refractivity contribution in [2.24, 2.45) is 4.99 Å². The molecule has 26 heavy (non-hydrogen) atoms. The van der Waals surface area contributed by atoms with E-state index in [1.54, 1.807) is 24.5 Å². The van der Waals surface area contributed by atoms with E-state index in [-0.39, 0.29) is 5.75 Å². The zero-order valence-corrected chi connectivity index (χ0v) is 15.7. The van der Waals surface area contributed by atoms with Crippen molar-refractivity contribution in [1.29, 1.82) is 0 Å². The maximum atomic E-state index is 13.4. The molecule has 1 fully saturated rings. The van der Waals surface area contributed by atoms with Crippen LogP contribution in [0.15, 0.2) is 40.0 Å². The number of phenols is 1. The molecule has 0 unspecified atom stereocenters. The van der Waals surface area contributed by atoms with Crippen LogP contribution in [0.1, 0.15) is 24.0 Å².